The predicted octanol–water partition coefficient (Wildman–Crippen LogP) is 4.63. The van der Waals surface area contributed by atoms with Gasteiger partial charge in [0.25, 0.3) is 0 Å². The smallest absolute Gasteiger partial charge is 0.230 e. The van der Waals surface area contributed by atoms with Gasteiger partial charge in [-0.25, -0.2) is 0 Å². The summed E-state index contributed by atoms with van der Waals surface area (Å²) in [7, 11) is 0. The largest absolute Gasteiger partial charge is 0.352 e. The van der Waals surface area contributed by atoms with Crippen molar-refractivity contribution in [3.05, 3.63) is 42.5 Å². The normalized spacial score (nSPS) is 21.7. The van der Waals surface area contributed by atoms with E-state index in [2.05, 4.69) is 42.6 Å². The Morgan fingerprint density at radius 3 is 2.73 bits per heavy atom. The number of carbonyl (C=O) groups is 1. The molecule has 0 aromatic heterocycles. The molecule has 1 saturated carbocycles. The number of hydrogen-bond donors (Lipinski definition) is 1. The van der Waals surface area contributed by atoms with Crippen molar-refractivity contribution in [1.82, 2.24) is 5.32 Å². The van der Waals surface area contributed by atoms with Crippen LogP contribution in [0.15, 0.2) is 47.4 Å². The van der Waals surface area contributed by atoms with E-state index >= 15 is 0 Å². The van der Waals surface area contributed by atoms with Crippen molar-refractivity contribution in [3.63, 3.8) is 0 Å². The fourth-order valence-corrected chi connectivity index (χ4v) is 3.94. The molecule has 0 spiro atoms. The molecule has 1 fully saturated rings. The maximum atomic E-state index is 12.2. The number of hydrogen-bond acceptors (Lipinski definition) is 2. The zero-order valence-corrected chi connectivity index (χ0v) is 13.9. The molecular formula is C19H23NOS. The van der Waals surface area contributed by atoms with Crippen molar-refractivity contribution in [2.75, 3.05) is 5.75 Å². The van der Waals surface area contributed by atoms with Crippen molar-refractivity contribution in [1.29, 1.82) is 0 Å². The Hall–Kier alpha value is -1.48. The monoisotopic (exact) mass is 313 g/mol. The Labute approximate surface area is 136 Å². The van der Waals surface area contributed by atoms with Gasteiger partial charge < -0.3 is 5.32 Å². The summed E-state index contributed by atoms with van der Waals surface area (Å²) in [6.45, 7) is 2.25. The third kappa shape index (κ3) is 3.83. The second-order valence-electron chi connectivity index (χ2n) is 6.23. The molecule has 1 aliphatic rings. The van der Waals surface area contributed by atoms with E-state index in [4.69, 9.17) is 0 Å². The summed E-state index contributed by atoms with van der Waals surface area (Å²) in [4.78, 5) is 13.3. The molecule has 2 aromatic rings. The first-order valence-electron chi connectivity index (χ1n) is 8.13. The Bertz CT molecular complexity index is 655. The lowest BCUT2D eigenvalue weighted by Gasteiger charge is -2.29. The summed E-state index contributed by atoms with van der Waals surface area (Å²) in [6.07, 6.45) is 4.92. The highest BCUT2D eigenvalue weighted by molar-refractivity contribution is 8.00. The molecule has 0 bridgehead atoms. The van der Waals surface area contributed by atoms with Crippen molar-refractivity contribution in [2.24, 2.45) is 5.92 Å². The minimum Gasteiger partial charge on any atom is -0.352 e. The van der Waals surface area contributed by atoms with E-state index in [-0.39, 0.29) is 5.91 Å². The first-order chi connectivity index (χ1) is 10.7. The zero-order chi connectivity index (χ0) is 15.4. The third-order valence-corrected chi connectivity index (χ3v) is 5.54. The van der Waals surface area contributed by atoms with Gasteiger partial charge in [-0.3, -0.25) is 4.79 Å². The van der Waals surface area contributed by atoms with Crippen molar-refractivity contribution in [3.8, 4) is 0 Å². The van der Waals surface area contributed by atoms with E-state index in [1.54, 1.807) is 11.8 Å². The molecule has 2 aromatic carbocycles. The molecule has 0 radical (unpaired) electrons. The lowest BCUT2D eigenvalue weighted by molar-refractivity contribution is -0.119. The molecule has 0 heterocycles. The van der Waals surface area contributed by atoms with Gasteiger partial charge in [-0.05, 0) is 41.7 Å². The fraction of sp³-hybridized carbons (Fsp3) is 0.421. The fourth-order valence-electron chi connectivity index (χ4n) is 3.19. The average Bonchev–Trinajstić information content (AvgIpc) is 2.55. The molecular weight excluding hydrogens is 290 g/mol. The summed E-state index contributed by atoms with van der Waals surface area (Å²) in [6, 6.07) is 15.1. The number of nitrogens with one attached hydrogen (secondary N) is 1. The topological polar surface area (TPSA) is 29.1 Å². The summed E-state index contributed by atoms with van der Waals surface area (Å²) >= 11 is 1.62. The molecule has 1 amide bonds. The SMILES string of the molecule is C[C@H]1CCCC[C@@H]1NC(=O)CSc1ccc2ccccc2c1. The molecule has 3 heteroatoms. The number of benzene rings is 2. The van der Waals surface area contributed by atoms with Gasteiger partial charge in [0.15, 0.2) is 0 Å². The van der Waals surface area contributed by atoms with Gasteiger partial charge in [-0.1, -0.05) is 50.1 Å². The number of carbonyl (C=O) groups excluding carboxylic acids is 1. The Balaban J connectivity index is 1.55. The van der Waals surface area contributed by atoms with Gasteiger partial charge >= 0.3 is 0 Å². The van der Waals surface area contributed by atoms with E-state index < -0.39 is 0 Å². The molecule has 3 rings (SSSR count). The standard InChI is InChI=1S/C19H23NOS/c1-14-6-2-5-9-18(14)20-19(21)13-22-17-11-10-15-7-3-4-8-16(15)12-17/h3-4,7-8,10-12,14,18H,2,5-6,9,13H2,1H3,(H,20,21)/t14-,18-/m0/s1. The number of thioether (sulfide) groups is 1. The van der Waals surface area contributed by atoms with Gasteiger partial charge in [0.1, 0.15) is 0 Å². The van der Waals surface area contributed by atoms with Crippen LogP contribution in [-0.4, -0.2) is 17.7 Å². The number of rotatable bonds is 4. The summed E-state index contributed by atoms with van der Waals surface area (Å²) < 4.78 is 0. The molecule has 1 N–H and O–H groups in total. The third-order valence-electron chi connectivity index (χ3n) is 4.55. The molecule has 0 saturated heterocycles. The van der Waals surface area contributed by atoms with Gasteiger partial charge in [-0.2, -0.15) is 0 Å². The van der Waals surface area contributed by atoms with Crippen LogP contribution in [0.1, 0.15) is 32.6 Å². The summed E-state index contributed by atoms with van der Waals surface area (Å²) in [5.41, 5.74) is 0. The van der Waals surface area contributed by atoms with Crippen LogP contribution in [0.5, 0.6) is 0 Å². The number of amides is 1. The van der Waals surface area contributed by atoms with Crippen LogP contribution in [0.3, 0.4) is 0 Å². The lowest BCUT2D eigenvalue weighted by Crippen LogP contribution is -2.41. The van der Waals surface area contributed by atoms with E-state index in [1.807, 2.05) is 12.1 Å². The van der Waals surface area contributed by atoms with Gasteiger partial charge in [0.2, 0.25) is 5.91 Å². The first-order valence-corrected chi connectivity index (χ1v) is 9.12. The first kappa shape index (κ1) is 15.4. The van der Waals surface area contributed by atoms with Gasteiger partial charge in [0, 0.05) is 10.9 Å². The number of fused-ring (bicyclic) bond motifs is 1. The molecule has 0 aliphatic heterocycles. The van der Waals surface area contributed by atoms with Crippen LogP contribution in [0.2, 0.25) is 0 Å². The van der Waals surface area contributed by atoms with Crippen molar-refractivity contribution >= 4 is 28.4 Å². The predicted molar refractivity (Wildman–Crippen MR) is 94.2 cm³/mol. The molecule has 2 atom stereocenters. The molecule has 22 heavy (non-hydrogen) atoms. The molecule has 2 nitrogen and oxygen atoms in total. The summed E-state index contributed by atoms with van der Waals surface area (Å²) in [5.74, 6) is 1.28. The summed E-state index contributed by atoms with van der Waals surface area (Å²) in [5, 5.41) is 5.69. The quantitative estimate of drug-likeness (QED) is 0.834. The maximum absolute atomic E-state index is 12.2. The van der Waals surface area contributed by atoms with Crippen molar-refractivity contribution in [2.45, 2.75) is 43.5 Å². The van der Waals surface area contributed by atoms with Crippen LogP contribution >= 0.6 is 11.8 Å². The molecule has 116 valence electrons. The van der Waals surface area contributed by atoms with E-state index in [0.29, 0.717) is 17.7 Å². The second kappa shape index (κ2) is 7.19. The Kier molecular flexibility index (Phi) is 5.04. The van der Waals surface area contributed by atoms with Crippen LogP contribution < -0.4 is 5.32 Å². The highest BCUT2D eigenvalue weighted by Gasteiger charge is 2.22. The Morgan fingerprint density at radius 1 is 1.14 bits per heavy atom. The van der Waals surface area contributed by atoms with Crippen LogP contribution in [-0.2, 0) is 4.79 Å². The van der Waals surface area contributed by atoms with Gasteiger partial charge in [-0.15, -0.1) is 11.8 Å². The molecule has 1 aliphatic carbocycles. The van der Waals surface area contributed by atoms with Crippen molar-refractivity contribution < 1.29 is 4.79 Å². The zero-order valence-electron chi connectivity index (χ0n) is 13.0. The van der Waals surface area contributed by atoms with Crippen LogP contribution in [0.25, 0.3) is 10.8 Å². The Morgan fingerprint density at radius 2 is 1.91 bits per heavy atom. The minimum absolute atomic E-state index is 0.164. The average molecular weight is 313 g/mol. The van der Waals surface area contributed by atoms with Gasteiger partial charge in [0.05, 0.1) is 5.75 Å². The highest BCUT2D eigenvalue weighted by atomic mass is 32.2. The molecule has 0 unspecified atom stereocenters. The van der Waals surface area contributed by atoms with E-state index in [9.17, 15) is 4.79 Å². The van der Waals surface area contributed by atoms with Crippen LogP contribution in [0, 0.1) is 5.92 Å². The highest BCUT2D eigenvalue weighted by Crippen LogP contribution is 2.25. The minimum atomic E-state index is 0.164. The van der Waals surface area contributed by atoms with E-state index in [0.717, 1.165) is 11.3 Å². The van der Waals surface area contributed by atoms with Crippen LogP contribution in [0.4, 0.5) is 0 Å². The second-order valence-corrected chi connectivity index (χ2v) is 7.28. The lowest BCUT2D eigenvalue weighted by atomic mass is 9.86. The maximum Gasteiger partial charge on any atom is 0.230 e. The van der Waals surface area contributed by atoms with E-state index in [1.165, 1.54) is 30.0 Å².